The monoisotopic (exact) mass is 449 g/mol. The van der Waals surface area contributed by atoms with Crippen LogP contribution in [-0.4, -0.2) is 54.2 Å². The van der Waals surface area contributed by atoms with E-state index in [0.29, 0.717) is 19.3 Å². The summed E-state index contributed by atoms with van der Waals surface area (Å²) in [4.78, 5) is 37.3. The standard InChI is InChI=1S/C25H27N3O5/c1-28(15-23(29)30)24(31)22(13-3-2-8-14-26)27-25(32)33-16-21-19-11-6-4-9-17(19)18-10-5-7-12-20(18)21/h4-7,9-12,21-22H,2-3,8,13,15-16H2,1H3,(H,27,32)(H,29,30). The van der Waals surface area contributed by atoms with Gasteiger partial charge in [-0.2, -0.15) is 5.26 Å². The Bertz CT molecular complexity index is 1020. The molecule has 1 atom stereocenters. The predicted molar refractivity (Wildman–Crippen MR) is 121 cm³/mol. The first-order valence-electron chi connectivity index (χ1n) is 10.9. The van der Waals surface area contributed by atoms with Crippen molar-refractivity contribution in [2.75, 3.05) is 20.2 Å². The Balaban J connectivity index is 1.65. The molecular weight excluding hydrogens is 422 g/mol. The zero-order chi connectivity index (χ0) is 23.8. The van der Waals surface area contributed by atoms with Crippen molar-refractivity contribution in [2.24, 2.45) is 0 Å². The molecule has 8 heteroatoms. The van der Waals surface area contributed by atoms with Gasteiger partial charge in [0, 0.05) is 19.4 Å². The van der Waals surface area contributed by atoms with E-state index in [9.17, 15) is 14.4 Å². The third-order valence-corrected chi connectivity index (χ3v) is 5.71. The Morgan fingerprint density at radius 2 is 1.70 bits per heavy atom. The van der Waals surface area contributed by atoms with Crippen LogP contribution >= 0.6 is 0 Å². The van der Waals surface area contributed by atoms with Gasteiger partial charge in [-0.1, -0.05) is 48.5 Å². The van der Waals surface area contributed by atoms with Crippen molar-refractivity contribution < 1.29 is 24.2 Å². The molecule has 0 saturated carbocycles. The van der Waals surface area contributed by atoms with Crippen molar-refractivity contribution in [1.82, 2.24) is 10.2 Å². The smallest absolute Gasteiger partial charge is 0.407 e. The second-order valence-corrected chi connectivity index (χ2v) is 8.01. The fourth-order valence-electron chi connectivity index (χ4n) is 4.14. The highest BCUT2D eigenvalue weighted by Crippen LogP contribution is 2.44. The van der Waals surface area contributed by atoms with E-state index in [1.807, 2.05) is 54.6 Å². The van der Waals surface area contributed by atoms with Gasteiger partial charge in [-0.15, -0.1) is 0 Å². The van der Waals surface area contributed by atoms with Crippen LogP contribution in [0.1, 0.15) is 42.7 Å². The molecule has 0 bridgehead atoms. The maximum Gasteiger partial charge on any atom is 0.407 e. The van der Waals surface area contributed by atoms with Crippen LogP contribution in [0.4, 0.5) is 4.79 Å². The fraction of sp³-hybridized carbons (Fsp3) is 0.360. The summed E-state index contributed by atoms with van der Waals surface area (Å²) in [5, 5.41) is 20.3. The number of carbonyl (C=O) groups excluding carboxylic acids is 2. The van der Waals surface area contributed by atoms with Crippen LogP contribution < -0.4 is 5.32 Å². The number of amides is 2. The van der Waals surface area contributed by atoms with Gasteiger partial charge in [0.25, 0.3) is 0 Å². The van der Waals surface area contributed by atoms with E-state index in [-0.39, 0.29) is 18.9 Å². The number of carboxylic acid groups (broad SMARTS) is 1. The number of likely N-dealkylation sites (N-methyl/N-ethyl adjacent to an activating group) is 1. The van der Waals surface area contributed by atoms with E-state index in [0.717, 1.165) is 27.2 Å². The molecule has 0 radical (unpaired) electrons. The van der Waals surface area contributed by atoms with Crippen LogP contribution in [0.25, 0.3) is 11.1 Å². The normalized spacial score (nSPS) is 12.7. The molecule has 0 heterocycles. The lowest BCUT2D eigenvalue weighted by molar-refractivity contribution is -0.144. The Morgan fingerprint density at radius 3 is 2.27 bits per heavy atom. The van der Waals surface area contributed by atoms with Gasteiger partial charge in [0.2, 0.25) is 5.91 Å². The van der Waals surface area contributed by atoms with Gasteiger partial charge in [-0.05, 0) is 41.5 Å². The SMILES string of the molecule is CN(CC(=O)O)C(=O)C(CCCCC#N)NC(=O)OCC1c2ccccc2-c2ccccc21. The second kappa shape index (κ2) is 11.1. The number of unbranched alkanes of at least 4 members (excludes halogenated alkanes) is 2. The Hall–Kier alpha value is -3.86. The molecule has 0 saturated heterocycles. The molecule has 172 valence electrons. The maximum absolute atomic E-state index is 12.7. The first-order valence-corrected chi connectivity index (χ1v) is 10.9. The Labute approximate surface area is 192 Å². The van der Waals surface area contributed by atoms with Crippen molar-refractivity contribution in [3.05, 3.63) is 59.7 Å². The quantitative estimate of drug-likeness (QED) is 0.536. The minimum Gasteiger partial charge on any atom is -0.480 e. The summed E-state index contributed by atoms with van der Waals surface area (Å²) in [6, 6.07) is 17.1. The number of alkyl carbamates (subject to hydrolysis) is 1. The number of hydrogen-bond donors (Lipinski definition) is 2. The molecule has 0 fully saturated rings. The number of nitriles is 1. The number of aliphatic carboxylic acids is 1. The van der Waals surface area contributed by atoms with Crippen molar-refractivity contribution >= 4 is 18.0 Å². The van der Waals surface area contributed by atoms with E-state index in [1.165, 1.54) is 7.05 Å². The van der Waals surface area contributed by atoms with Gasteiger partial charge >= 0.3 is 12.1 Å². The van der Waals surface area contributed by atoms with E-state index in [2.05, 4.69) is 5.32 Å². The van der Waals surface area contributed by atoms with Gasteiger partial charge in [-0.25, -0.2) is 4.79 Å². The number of ether oxygens (including phenoxy) is 1. The van der Waals surface area contributed by atoms with E-state index >= 15 is 0 Å². The molecule has 1 unspecified atom stereocenters. The fourth-order valence-corrected chi connectivity index (χ4v) is 4.14. The Kier molecular flexibility index (Phi) is 8.03. The largest absolute Gasteiger partial charge is 0.480 e. The van der Waals surface area contributed by atoms with Crippen molar-refractivity contribution in [1.29, 1.82) is 5.26 Å². The second-order valence-electron chi connectivity index (χ2n) is 8.01. The van der Waals surface area contributed by atoms with Gasteiger partial charge in [-0.3, -0.25) is 9.59 Å². The zero-order valence-corrected chi connectivity index (χ0v) is 18.5. The van der Waals surface area contributed by atoms with Gasteiger partial charge in [0.05, 0.1) is 6.07 Å². The predicted octanol–water partition coefficient (Wildman–Crippen LogP) is 3.52. The average Bonchev–Trinajstić information content (AvgIpc) is 3.12. The maximum atomic E-state index is 12.7. The van der Waals surface area contributed by atoms with Gasteiger partial charge < -0.3 is 20.1 Å². The van der Waals surface area contributed by atoms with Crippen LogP contribution in [0.15, 0.2) is 48.5 Å². The topological polar surface area (TPSA) is 120 Å². The van der Waals surface area contributed by atoms with Crippen molar-refractivity contribution in [3.8, 4) is 17.2 Å². The number of fused-ring (bicyclic) bond motifs is 3. The third kappa shape index (κ3) is 5.89. The number of nitrogens with zero attached hydrogens (tertiary/aromatic N) is 2. The summed E-state index contributed by atoms with van der Waals surface area (Å²) in [7, 11) is 1.37. The van der Waals surface area contributed by atoms with Crippen LogP contribution in [0.5, 0.6) is 0 Å². The number of hydrogen-bond acceptors (Lipinski definition) is 5. The van der Waals surface area contributed by atoms with Crippen LogP contribution in [0.3, 0.4) is 0 Å². The highest BCUT2D eigenvalue weighted by molar-refractivity contribution is 5.88. The zero-order valence-electron chi connectivity index (χ0n) is 18.5. The van der Waals surface area contributed by atoms with E-state index in [1.54, 1.807) is 0 Å². The molecule has 3 rings (SSSR count). The minimum absolute atomic E-state index is 0.109. The van der Waals surface area contributed by atoms with Crippen LogP contribution in [0.2, 0.25) is 0 Å². The molecule has 8 nitrogen and oxygen atoms in total. The molecule has 2 aromatic rings. The summed E-state index contributed by atoms with van der Waals surface area (Å²) in [5.74, 6) is -1.76. The first-order chi connectivity index (χ1) is 15.9. The lowest BCUT2D eigenvalue weighted by Gasteiger charge is -2.23. The van der Waals surface area contributed by atoms with Crippen molar-refractivity contribution in [3.63, 3.8) is 0 Å². The summed E-state index contributed by atoms with van der Waals surface area (Å²) in [6.45, 7) is -0.361. The molecular formula is C25H27N3O5. The molecule has 33 heavy (non-hydrogen) atoms. The number of carboxylic acids is 1. The summed E-state index contributed by atoms with van der Waals surface area (Å²) in [5.41, 5.74) is 4.39. The van der Waals surface area contributed by atoms with E-state index < -0.39 is 30.6 Å². The summed E-state index contributed by atoms with van der Waals surface area (Å²) < 4.78 is 5.52. The Morgan fingerprint density at radius 1 is 1.09 bits per heavy atom. The third-order valence-electron chi connectivity index (χ3n) is 5.71. The molecule has 2 amide bonds. The number of carbonyl (C=O) groups is 3. The van der Waals surface area contributed by atoms with Crippen LogP contribution in [-0.2, 0) is 14.3 Å². The molecule has 0 aliphatic heterocycles. The molecule has 2 aromatic carbocycles. The lowest BCUT2D eigenvalue weighted by atomic mass is 9.98. The van der Waals surface area contributed by atoms with E-state index in [4.69, 9.17) is 15.1 Å². The summed E-state index contributed by atoms with van der Waals surface area (Å²) >= 11 is 0. The van der Waals surface area contributed by atoms with Crippen LogP contribution in [0, 0.1) is 11.3 Å². The highest BCUT2D eigenvalue weighted by atomic mass is 16.5. The number of rotatable bonds is 10. The van der Waals surface area contributed by atoms with Crippen molar-refractivity contribution in [2.45, 2.75) is 37.6 Å². The van der Waals surface area contributed by atoms with Gasteiger partial charge in [0.1, 0.15) is 19.2 Å². The highest BCUT2D eigenvalue weighted by Gasteiger charge is 2.30. The first kappa shape index (κ1) is 23.8. The molecule has 0 aromatic heterocycles. The van der Waals surface area contributed by atoms with Gasteiger partial charge in [0.15, 0.2) is 0 Å². The summed E-state index contributed by atoms with van der Waals surface area (Å²) in [6.07, 6.45) is 1.01. The average molecular weight is 450 g/mol. The molecule has 1 aliphatic carbocycles. The molecule has 2 N–H and O–H groups in total. The molecule has 1 aliphatic rings. The number of nitrogens with one attached hydrogen (secondary N) is 1. The minimum atomic E-state index is -1.14. The molecule has 0 spiro atoms. The number of benzene rings is 2. The lowest BCUT2D eigenvalue weighted by Crippen LogP contribution is -2.48.